The Kier molecular flexibility index (Phi) is 4.54. The zero-order chi connectivity index (χ0) is 11.3. The summed E-state index contributed by atoms with van der Waals surface area (Å²) in [4.78, 5) is 11.1. The summed E-state index contributed by atoms with van der Waals surface area (Å²) in [5, 5.41) is 15.2. The van der Waals surface area contributed by atoms with Gasteiger partial charge in [0.25, 0.3) is 0 Å². The molecule has 2 unspecified atom stereocenters. The van der Waals surface area contributed by atoms with Gasteiger partial charge in [-0.05, 0) is 18.8 Å². The Labute approximate surface area is 91.4 Å². The van der Waals surface area contributed by atoms with E-state index in [-0.39, 0.29) is 18.1 Å². The molecule has 0 aromatic rings. The molecule has 88 valence electrons. The second kappa shape index (κ2) is 5.47. The average Bonchev–Trinajstić information content (AvgIpc) is 2.26. The van der Waals surface area contributed by atoms with E-state index in [1.54, 1.807) is 7.05 Å². The molecular formula is C11H22N2O2. The van der Waals surface area contributed by atoms with E-state index in [2.05, 4.69) is 17.6 Å². The molecule has 1 amide bonds. The van der Waals surface area contributed by atoms with Crippen molar-refractivity contribution in [1.82, 2.24) is 10.6 Å². The summed E-state index contributed by atoms with van der Waals surface area (Å²) in [5.41, 5.74) is -0.232. The van der Waals surface area contributed by atoms with Crippen LogP contribution in [0.5, 0.6) is 0 Å². The number of carbonyl (C=O) groups is 1. The Balaban J connectivity index is 2.48. The van der Waals surface area contributed by atoms with Gasteiger partial charge in [0.1, 0.15) is 0 Å². The maximum atomic E-state index is 11.1. The van der Waals surface area contributed by atoms with Crippen LogP contribution in [0.2, 0.25) is 0 Å². The van der Waals surface area contributed by atoms with Crippen LogP contribution >= 0.6 is 0 Å². The first-order valence-electron chi connectivity index (χ1n) is 5.68. The van der Waals surface area contributed by atoms with Gasteiger partial charge >= 0.3 is 0 Å². The molecule has 15 heavy (non-hydrogen) atoms. The minimum absolute atomic E-state index is 0.0268. The van der Waals surface area contributed by atoms with E-state index in [1.165, 1.54) is 6.42 Å². The summed E-state index contributed by atoms with van der Waals surface area (Å²) in [6.07, 6.45) is 4.28. The number of hydrogen-bond donors (Lipinski definition) is 3. The third-order valence-corrected chi connectivity index (χ3v) is 3.30. The highest BCUT2D eigenvalue weighted by Gasteiger charge is 2.34. The molecule has 0 aromatic carbocycles. The first-order valence-corrected chi connectivity index (χ1v) is 5.68. The molecule has 0 saturated heterocycles. The summed E-state index contributed by atoms with van der Waals surface area (Å²) >= 11 is 0. The van der Waals surface area contributed by atoms with Crippen LogP contribution in [-0.2, 0) is 4.79 Å². The maximum absolute atomic E-state index is 11.1. The van der Waals surface area contributed by atoms with Gasteiger partial charge in [-0.3, -0.25) is 4.79 Å². The highest BCUT2D eigenvalue weighted by Crippen LogP contribution is 2.31. The topological polar surface area (TPSA) is 61.4 Å². The molecule has 3 N–H and O–H groups in total. The summed E-state index contributed by atoms with van der Waals surface area (Å²) in [5.74, 6) is 0.601. The minimum atomic E-state index is -0.232. The van der Waals surface area contributed by atoms with Crippen molar-refractivity contribution in [2.24, 2.45) is 5.92 Å². The lowest BCUT2D eigenvalue weighted by Crippen LogP contribution is -2.54. The number of amides is 1. The van der Waals surface area contributed by atoms with E-state index in [4.69, 9.17) is 0 Å². The fourth-order valence-corrected chi connectivity index (χ4v) is 2.38. The Morgan fingerprint density at radius 3 is 2.87 bits per heavy atom. The molecule has 1 saturated carbocycles. The smallest absolute Gasteiger partial charge is 0.233 e. The minimum Gasteiger partial charge on any atom is -0.394 e. The SMILES string of the molecule is CNC(=O)CNC1(CO)CCCC(C)C1. The van der Waals surface area contributed by atoms with Crippen molar-refractivity contribution in [3.8, 4) is 0 Å². The molecule has 1 fully saturated rings. The van der Waals surface area contributed by atoms with Gasteiger partial charge in [0.05, 0.1) is 13.2 Å². The van der Waals surface area contributed by atoms with Gasteiger partial charge in [0.15, 0.2) is 0 Å². The van der Waals surface area contributed by atoms with Gasteiger partial charge in [-0.15, -0.1) is 0 Å². The third kappa shape index (κ3) is 3.47. The molecule has 0 aliphatic heterocycles. The molecule has 1 aliphatic carbocycles. The Morgan fingerprint density at radius 1 is 1.60 bits per heavy atom. The van der Waals surface area contributed by atoms with Crippen molar-refractivity contribution in [3.63, 3.8) is 0 Å². The summed E-state index contributed by atoms with van der Waals surface area (Å²) < 4.78 is 0. The number of hydrogen-bond acceptors (Lipinski definition) is 3. The van der Waals surface area contributed by atoms with Crippen LogP contribution in [0, 0.1) is 5.92 Å². The van der Waals surface area contributed by atoms with Crippen LogP contribution in [0.3, 0.4) is 0 Å². The van der Waals surface area contributed by atoms with Crippen LogP contribution in [0.4, 0.5) is 0 Å². The van der Waals surface area contributed by atoms with Crippen molar-refractivity contribution < 1.29 is 9.90 Å². The second-order valence-electron chi connectivity index (χ2n) is 4.67. The first-order chi connectivity index (χ1) is 7.12. The molecule has 4 heteroatoms. The number of likely N-dealkylation sites (N-methyl/N-ethyl adjacent to an activating group) is 1. The second-order valence-corrected chi connectivity index (χ2v) is 4.67. The van der Waals surface area contributed by atoms with Gasteiger partial charge in [-0.1, -0.05) is 19.8 Å². The van der Waals surface area contributed by atoms with E-state index < -0.39 is 0 Å². The molecule has 1 aliphatic rings. The predicted octanol–water partition coefficient (Wildman–Crippen LogP) is 0.263. The summed E-state index contributed by atoms with van der Waals surface area (Å²) in [7, 11) is 1.62. The molecule has 0 radical (unpaired) electrons. The van der Waals surface area contributed by atoms with E-state index in [0.717, 1.165) is 19.3 Å². The normalized spacial score (nSPS) is 31.3. The first kappa shape index (κ1) is 12.5. The molecule has 4 nitrogen and oxygen atoms in total. The monoisotopic (exact) mass is 214 g/mol. The highest BCUT2D eigenvalue weighted by atomic mass is 16.3. The Morgan fingerprint density at radius 2 is 2.33 bits per heavy atom. The van der Waals surface area contributed by atoms with Gasteiger partial charge in [-0.25, -0.2) is 0 Å². The summed E-state index contributed by atoms with van der Waals surface area (Å²) in [6, 6.07) is 0. The number of rotatable bonds is 4. The maximum Gasteiger partial charge on any atom is 0.233 e. The summed E-state index contributed by atoms with van der Waals surface area (Å²) in [6.45, 7) is 2.61. The van der Waals surface area contributed by atoms with Crippen molar-refractivity contribution >= 4 is 5.91 Å². The largest absolute Gasteiger partial charge is 0.394 e. The fourth-order valence-electron chi connectivity index (χ4n) is 2.38. The standard InChI is InChI=1S/C11H22N2O2/c1-9-4-3-5-11(6-9,8-14)13-7-10(15)12-2/h9,13-14H,3-8H2,1-2H3,(H,12,15). The highest BCUT2D eigenvalue weighted by molar-refractivity contribution is 5.77. The number of nitrogens with one attached hydrogen (secondary N) is 2. The van der Waals surface area contributed by atoms with Crippen molar-refractivity contribution in [3.05, 3.63) is 0 Å². The van der Waals surface area contributed by atoms with Crippen LogP contribution < -0.4 is 10.6 Å². The van der Waals surface area contributed by atoms with Crippen molar-refractivity contribution in [2.45, 2.75) is 38.1 Å². The zero-order valence-electron chi connectivity index (χ0n) is 9.68. The fraction of sp³-hybridized carbons (Fsp3) is 0.909. The quantitative estimate of drug-likeness (QED) is 0.629. The molecule has 0 aromatic heterocycles. The molecule has 0 spiro atoms. The van der Waals surface area contributed by atoms with E-state index in [0.29, 0.717) is 12.5 Å². The third-order valence-electron chi connectivity index (χ3n) is 3.30. The number of aliphatic hydroxyl groups excluding tert-OH is 1. The van der Waals surface area contributed by atoms with Crippen LogP contribution in [0.25, 0.3) is 0 Å². The molecule has 0 heterocycles. The average molecular weight is 214 g/mol. The van der Waals surface area contributed by atoms with Gasteiger partial charge < -0.3 is 15.7 Å². The lowest BCUT2D eigenvalue weighted by atomic mass is 9.77. The van der Waals surface area contributed by atoms with E-state index >= 15 is 0 Å². The number of carbonyl (C=O) groups excluding carboxylic acids is 1. The van der Waals surface area contributed by atoms with Gasteiger partial charge in [0, 0.05) is 12.6 Å². The van der Waals surface area contributed by atoms with Crippen LogP contribution in [-0.4, -0.2) is 36.8 Å². The lowest BCUT2D eigenvalue weighted by Gasteiger charge is -2.39. The van der Waals surface area contributed by atoms with Crippen molar-refractivity contribution in [1.29, 1.82) is 0 Å². The Bertz CT molecular complexity index is 221. The molecule has 1 rings (SSSR count). The molecule has 2 atom stereocenters. The lowest BCUT2D eigenvalue weighted by molar-refractivity contribution is -0.120. The Hall–Kier alpha value is -0.610. The zero-order valence-corrected chi connectivity index (χ0v) is 9.68. The van der Waals surface area contributed by atoms with E-state index in [9.17, 15) is 9.90 Å². The predicted molar refractivity (Wildman–Crippen MR) is 59.5 cm³/mol. The van der Waals surface area contributed by atoms with Crippen molar-refractivity contribution in [2.75, 3.05) is 20.2 Å². The van der Waals surface area contributed by atoms with E-state index in [1.807, 2.05) is 0 Å². The van der Waals surface area contributed by atoms with Crippen LogP contribution in [0.15, 0.2) is 0 Å². The van der Waals surface area contributed by atoms with Gasteiger partial charge in [0.2, 0.25) is 5.91 Å². The molecular weight excluding hydrogens is 192 g/mol. The molecule has 0 bridgehead atoms. The van der Waals surface area contributed by atoms with Crippen LogP contribution in [0.1, 0.15) is 32.6 Å². The number of aliphatic hydroxyl groups is 1. The van der Waals surface area contributed by atoms with Gasteiger partial charge in [-0.2, -0.15) is 0 Å².